The average Bonchev–Trinajstić information content (AvgIpc) is 2.62. The predicted octanol–water partition coefficient (Wildman–Crippen LogP) is 6.19. The fourth-order valence-corrected chi connectivity index (χ4v) is 2.83. The maximum Gasteiger partial charge on any atom is 0.306 e. The minimum absolute atomic E-state index is 0.0881. The Kier molecular flexibility index (Phi) is 8.09. The van der Waals surface area contributed by atoms with Crippen molar-refractivity contribution < 1.29 is 9.53 Å². The molecule has 0 radical (unpaired) electrons. The topological polar surface area (TPSA) is 26.3 Å². The van der Waals surface area contributed by atoms with Crippen LogP contribution in [0.1, 0.15) is 56.9 Å². The van der Waals surface area contributed by atoms with E-state index in [1.807, 2.05) is 24.3 Å². The third-order valence-electron chi connectivity index (χ3n) is 4.25. The zero-order valence-corrected chi connectivity index (χ0v) is 14.5. The van der Waals surface area contributed by atoms with E-state index in [1.54, 1.807) is 0 Å². The Morgan fingerprint density at radius 3 is 2.42 bits per heavy atom. The first-order valence-corrected chi connectivity index (χ1v) is 9.04. The van der Waals surface area contributed by atoms with Crippen molar-refractivity contribution in [3.05, 3.63) is 60.7 Å². The smallest absolute Gasteiger partial charge is 0.306 e. The van der Waals surface area contributed by atoms with Crippen LogP contribution in [0.15, 0.2) is 55.1 Å². The Bertz CT molecular complexity index is 645. The lowest BCUT2D eigenvalue weighted by Gasteiger charge is -2.06. The zero-order chi connectivity index (χ0) is 17.0. The summed E-state index contributed by atoms with van der Waals surface area (Å²) in [7, 11) is 0. The molecule has 0 saturated carbocycles. The second kappa shape index (κ2) is 10.6. The van der Waals surface area contributed by atoms with Crippen LogP contribution >= 0.6 is 0 Å². The highest BCUT2D eigenvalue weighted by molar-refractivity contribution is 5.83. The Labute approximate surface area is 145 Å². The summed E-state index contributed by atoms with van der Waals surface area (Å²) in [5.74, 6) is -0.0881. The van der Waals surface area contributed by atoms with E-state index in [-0.39, 0.29) is 5.97 Å². The van der Waals surface area contributed by atoms with Gasteiger partial charge < -0.3 is 4.74 Å². The normalized spacial score (nSPS) is 10.7. The summed E-state index contributed by atoms with van der Waals surface area (Å²) in [5, 5.41) is 2.39. The molecule has 2 rings (SSSR count). The van der Waals surface area contributed by atoms with Crippen LogP contribution in [0.4, 0.5) is 0 Å². The Morgan fingerprint density at radius 2 is 1.62 bits per heavy atom. The first-order valence-electron chi connectivity index (χ1n) is 9.04. The second-order valence-corrected chi connectivity index (χ2v) is 6.29. The third kappa shape index (κ3) is 6.57. The predicted molar refractivity (Wildman–Crippen MR) is 101 cm³/mol. The van der Waals surface area contributed by atoms with Gasteiger partial charge in [-0.2, -0.15) is 0 Å². The summed E-state index contributed by atoms with van der Waals surface area (Å²) >= 11 is 0. The van der Waals surface area contributed by atoms with Crippen molar-refractivity contribution in [1.29, 1.82) is 0 Å². The van der Waals surface area contributed by atoms with E-state index in [1.165, 1.54) is 36.5 Å². The number of hydrogen-bond donors (Lipinski definition) is 0. The minimum atomic E-state index is -0.0881. The molecule has 0 saturated heterocycles. The Hall–Kier alpha value is -2.09. The van der Waals surface area contributed by atoms with Crippen LogP contribution in [0.25, 0.3) is 10.8 Å². The maximum atomic E-state index is 11.8. The molecule has 0 spiro atoms. The highest BCUT2D eigenvalue weighted by atomic mass is 16.5. The molecule has 128 valence electrons. The molecule has 0 unspecified atom stereocenters. The van der Waals surface area contributed by atoms with Gasteiger partial charge in [-0.05, 0) is 41.7 Å². The number of fused-ring (bicyclic) bond motifs is 1. The lowest BCUT2D eigenvalue weighted by molar-refractivity contribution is -0.145. The molecule has 0 N–H and O–H groups in total. The summed E-state index contributed by atoms with van der Waals surface area (Å²) in [6.45, 7) is 4.10. The molecule has 0 atom stereocenters. The van der Waals surface area contributed by atoms with E-state index in [0.717, 1.165) is 24.8 Å². The summed E-state index contributed by atoms with van der Waals surface area (Å²) < 4.78 is 5.39. The highest BCUT2D eigenvalue weighted by Crippen LogP contribution is 2.16. The van der Waals surface area contributed by atoms with Crippen molar-refractivity contribution in [2.45, 2.75) is 58.0 Å². The van der Waals surface area contributed by atoms with Gasteiger partial charge in [0, 0.05) is 6.42 Å². The number of carbonyl (C=O) groups is 1. The van der Waals surface area contributed by atoms with E-state index in [4.69, 9.17) is 4.74 Å². The van der Waals surface area contributed by atoms with Crippen LogP contribution in [0.2, 0.25) is 0 Å². The van der Waals surface area contributed by atoms with Crippen molar-refractivity contribution in [3.63, 3.8) is 0 Å². The van der Waals surface area contributed by atoms with Gasteiger partial charge in [0.25, 0.3) is 0 Å². The van der Waals surface area contributed by atoms with E-state index in [2.05, 4.69) is 30.8 Å². The van der Waals surface area contributed by atoms with Gasteiger partial charge in [-0.3, -0.25) is 4.79 Å². The molecule has 2 aromatic rings. The summed E-state index contributed by atoms with van der Waals surface area (Å²) in [6, 6.07) is 14.4. The number of benzene rings is 2. The van der Waals surface area contributed by atoms with E-state index < -0.39 is 0 Å². The molecule has 0 aromatic heterocycles. The molecule has 0 fully saturated rings. The Balaban J connectivity index is 1.59. The lowest BCUT2D eigenvalue weighted by atomic mass is 10.1. The van der Waals surface area contributed by atoms with Gasteiger partial charge >= 0.3 is 5.97 Å². The molecule has 0 heterocycles. The zero-order valence-electron chi connectivity index (χ0n) is 14.5. The number of unbranched alkanes of at least 4 members (excludes halogenated alkanes) is 6. The monoisotopic (exact) mass is 324 g/mol. The largest absolute Gasteiger partial charge is 0.461 e. The van der Waals surface area contributed by atoms with Gasteiger partial charge in [0.05, 0.1) is 0 Å². The first kappa shape index (κ1) is 18.3. The van der Waals surface area contributed by atoms with Crippen LogP contribution in [0, 0.1) is 0 Å². The molecular formula is C22H28O2. The molecule has 2 nitrogen and oxygen atoms in total. The third-order valence-corrected chi connectivity index (χ3v) is 4.25. The molecule has 2 aromatic carbocycles. The Morgan fingerprint density at radius 1 is 0.917 bits per heavy atom. The number of allylic oxidation sites excluding steroid dienone is 1. The van der Waals surface area contributed by atoms with Crippen molar-refractivity contribution in [1.82, 2.24) is 0 Å². The second-order valence-electron chi connectivity index (χ2n) is 6.29. The first-order chi connectivity index (χ1) is 11.8. The molecule has 0 bridgehead atoms. The van der Waals surface area contributed by atoms with Crippen LogP contribution in [0.5, 0.6) is 0 Å². The molecule has 2 heteroatoms. The fraction of sp³-hybridized carbons (Fsp3) is 0.409. The number of ether oxygens (including phenoxy) is 1. The average molecular weight is 324 g/mol. The quantitative estimate of drug-likeness (QED) is 0.280. The van der Waals surface area contributed by atoms with Gasteiger partial charge in [0.1, 0.15) is 6.61 Å². The van der Waals surface area contributed by atoms with E-state index >= 15 is 0 Å². The minimum Gasteiger partial charge on any atom is -0.461 e. The molecule has 0 amide bonds. The summed E-state index contributed by atoms with van der Waals surface area (Å²) in [6.07, 6.45) is 10.6. The van der Waals surface area contributed by atoms with Gasteiger partial charge in [-0.15, -0.1) is 6.58 Å². The van der Waals surface area contributed by atoms with Crippen molar-refractivity contribution in [2.75, 3.05) is 0 Å². The lowest BCUT2D eigenvalue weighted by Crippen LogP contribution is -2.04. The molecule has 0 aliphatic heterocycles. The molecule has 0 aliphatic rings. The summed E-state index contributed by atoms with van der Waals surface area (Å²) in [4.78, 5) is 11.8. The number of rotatable bonds is 11. The molecular weight excluding hydrogens is 296 g/mol. The van der Waals surface area contributed by atoms with Gasteiger partial charge in [0.2, 0.25) is 0 Å². The summed E-state index contributed by atoms with van der Waals surface area (Å²) in [5.41, 5.74) is 1.05. The van der Waals surface area contributed by atoms with Crippen LogP contribution in [-0.4, -0.2) is 5.97 Å². The van der Waals surface area contributed by atoms with Gasteiger partial charge in [0.15, 0.2) is 0 Å². The standard InChI is InChI=1S/C22H28O2/c1-2-3-4-5-6-7-8-9-14-22(23)24-18-19-15-16-20-12-10-11-13-21(20)17-19/h2,10-13,15-17H,1,3-9,14,18H2. The van der Waals surface area contributed by atoms with E-state index in [9.17, 15) is 4.79 Å². The van der Waals surface area contributed by atoms with Crippen LogP contribution in [-0.2, 0) is 16.1 Å². The molecule has 24 heavy (non-hydrogen) atoms. The number of carbonyl (C=O) groups excluding carboxylic acids is 1. The number of hydrogen-bond acceptors (Lipinski definition) is 2. The highest BCUT2D eigenvalue weighted by Gasteiger charge is 2.04. The van der Waals surface area contributed by atoms with Crippen molar-refractivity contribution in [2.24, 2.45) is 0 Å². The fourth-order valence-electron chi connectivity index (χ4n) is 2.83. The van der Waals surface area contributed by atoms with Gasteiger partial charge in [-0.1, -0.05) is 68.2 Å². The van der Waals surface area contributed by atoms with Crippen molar-refractivity contribution in [3.8, 4) is 0 Å². The van der Waals surface area contributed by atoms with Gasteiger partial charge in [-0.25, -0.2) is 0 Å². The van der Waals surface area contributed by atoms with E-state index in [0.29, 0.717) is 13.0 Å². The number of esters is 1. The van der Waals surface area contributed by atoms with Crippen LogP contribution < -0.4 is 0 Å². The van der Waals surface area contributed by atoms with Crippen molar-refractivity contribution >= 4 is 16.7 Å². The molecule has 0 aliphatic carbocycles. The SMILES string of the molecule is C=CCCCCCCCCC(=O)OCc1ccc2ccccc2c1. The maximum absolute atomic E-state index is 11.8. The van der Waals surface area contributed by atoms with Crippen LogP contribution in [0.3, 0.4) is 0 Å².